The number of amides is 1. The van der Waals surface area contributed by atoms with E-state index in [-0.39, 0.29) is 11.7 Å². The van der Waals surface area contributed by atoms with Gasteiger partial charge in [0.15, 0.2) is 5.78 Å². The van der Waals surface area contributed by atoms with Crippen LogP contribution < -0.4 is 10.6 Å². The fourth-order valence-corrected chi connectivity index (χ4v) is 2.45. The molecule has 1 heterocycles. The Balaban J connectivity index is 1.96. The number of carbonyl (C=O) groups excluding carboxylic acids is 2. The van der Waals surface area contributed by atoms with E-state index < -0.39 is 0 Å². The summed E-state index contributed by atoms with van der Waals surface area (Å²) in [6.45, 7) is 6.60. The molecule has 2 N–H and O–H groups in total. The number of Topliss-reactive ketones (excluding diaryl/α,β-unsaturated/α-hetero) is 1. The maximum absolute atomic E-state index is 12.1. The first-order chi connectivity index (χ1) is 9.56. The van der Waals surface area contributed by atoms with Crippen molar-refractivity contribution < 1.29 is 9.59 Å². The van der Waals surface area contributed by atoms with Crippen molar-refractivity contribution in [3.8, 4) is 0 Å². The van der Waals surface area contributed by atoms with Crippen molar-refractivity contribution in [2.45, 2.75) is 19.9 Å². The summed E-state index contributed by atoms with van der Waals surface area (Å²) in [7, 11) is 0. The molecule has 1 aliphatic rings. The summed E-state index contributed by atoms with van der Waals surface area (Å²) < 4.78 is 0. The van der Waals surface area contributed by atoms with Gasteiger partial charge in [0.25, 0.3) is 0 Å². The lowest BCUT2D eigenvalue weighted by Crippen LogP contribution is -2.51. The van der Waals surface area contributed by atoms with Crippen LogP contribution >= 0.6 is 0 Å². The normalized spacial score (nSPS) is 19.6. The van der Waals surface area contributed by atoms with Gasteiger partial charge in [0, 0.05) is 31.2 Å². The number of anilines is 1. The predicted molar refractivity (Wildman–Crippen MR) is 79.0 cm³/mol. The summed E-state index contributed by atoms with van der Waals surface area (Å²) in [6.07, 6.45) is 0. The lowest BCUT2D eigenvalue weighted by Gasteiger charge is -2.31. The van der Waals surface area contributed by atoms with E-state index in [9.17, 15) is 9.59 Å². The molecule has 0 spiro atoms. The highest BCUT2D eigenvalue weighted by molar-refractivity contribution is 6.04. The van der Waals surface area contributed by atoms with Crippen LogP contribution in [0.3, 0.4) is 0 Å². The summed E-state index contributed by atoms with van der Waals surface area (Å²) in [5.74, 6) is -0.121. The quantitative estimate of drug-likeness (QED) is 0.808. The molecule has 2 rings (SSSR count). The molecule has 1 atom stereocenters. The predicted octanol–water partition coefficient (Wildman–Crippen LogP) is 1.12. The standard InChI is InChI=1S/C15H21N3O2/c1-11-9-18(8-7-16-11)10-15(20)17-14-6-4-3-5-13(14)12(2)19/h3-6,11,16H,7-10H2,1-2H3,(H,17,20)/t11-/m0/s1. The van der Waals surface area contributed by atoms with Gasteiger partial charge >= 0.3 is 0 Å². The van der Waals surface area contributed by atoms with Crippen molar-refractivity contribution >= 4 is 17.4 Å². The molecule has 1 amide bonds. The number of hydrogen-bond donors (Lipinski definition) is 2. The van der Waals surface area contributed by atoms with Crippen LogP contribution in [0.15, 0.2) is 24.3 Å². The fraction of sp³-hybridized carbons (Fsp3) is 0.467. The summed E-state index contributed by atoms with van der Waals surface area (Å²) in [6, 6.07) is 7.50. The molecular formula is C15H21N3O2. The maximum Gasteiger partial charge on any atom is 0.238 e. The second-order valence-electron chi connectivity index (χ2n) is 5.24. The van der Waals surface area contributed by atoms with Gasteiger partial charge in [-0.1, -0.05) is 12.1 Å². The highest BCUT2D eigenvalue weighted by Crippen LogP contribution is 2.15. The third kappa shape index (κ3) is 3.88. The number of nitrogens with zero attached hydrogens (tertiary/aromatic N) is 1. The number of para-hydroxylation sites is 1. The van der Waals surface area contributed by atoms with Crippen LogP contribution in [-0.2, 0) is 4.79 Å². The average molecular weight is 275 g/mol. The molecule has 0 aromatic heterocycles. The van der Waals surface area contributed by atoms with Gasteiger partial charge in [-0.2, -0.15) is 0 Å². The Morgan fingerprint density at radius 3 is 2.85 bits per heavy atom. The molecule has 0 bridgehead atoms. The van der Waals surface area contributed by atoms with Gasteiger partial charge in [-0.15, -0.1) is 0 Å². The van der Waals surface area contributed by atoms with Crippen LogP contribution in [0, 0.1) is 0 Å². The van der Waals surface area contributed by atoms with Gasteiger partial charge in [0.1, 0.15) is 0 Å². The largest absolute Gasteiger partial charge is 0.324 e. The SMILES string of the molecule is CC(=O)c1ccccc1NC(=O)CN1CCN[C@@H](C)C1. The molecule has 108 valence electrons. The van der Waals surface area contributed by atoms with Crippen molar-refractivity contribution in [3.63, 3.8) is 0 Å². The highest BCUT2D eigenvalue weighted by atomic mass is 16.2. The van der Waals surface area contributed by atoms with Crippen LogP contribution in [-0.4, -0.2) is 48.8 Å². The van der Waals surface area contributed by atoms with E-state index in [1.165, 1.54) is 6.92 Å². The zero-order chi connectivity index (χ0) is 14.5. The van der Waals surface area contributed by atoms with Crippen molar-refractivity contribution in [2.75, 3.05) is 31.5 Å². The van der Waals surface area contributed by atoms with E-state index in [2.05, 4.69) is 22.5 Å². The molecule has 1 aromatic rings. The van der Waals surface area contributed by atoms with Crippen LogP contribution in [0.1, 0.15) is 24.2 Å². The minimum Gasteiger partial charge on any atom is -0.324 e. The van der Waals surface area contributed by atoms with E-state index in [0.717, 1.165) is 19.6 Å². The molecule has 1 fully saturated rings. The third-order valence-electron chi connectivity index (χ3n) is 3.40. The minimum absolute atomic E-state index is 0.0447. The van der Waals surface area contributed by atoms with E-state index in [1.807, 2.05) is 6.07 Å². The molecule has 5 heteroatoms. The number of hydrogen-bond acceptors (Lipinski definition) is 4. The number of piperazine rings is 1. The molecule has 0 aliphatic carbocycles. The van der Waals surface area contributed by atoms with Gasteiger partial charge in [-0.25, -0.2) is 0 Å². The highest BCUT2D eigenvalue weighted by Gasteiger charge is 2.18. The first-order valence-electron chi connectivity index (χ1n) is 6.92. The smallest absolute Gasteiger partial charge is 0.238 e. The maximum atomic E-state index is 12.1. The first kappa shape index (κ1) is 14.7. The summed E-state index contributed by atoms with van der Waals surface area (Å²) in [4.78, 5) is 25.7. The van der Waals surface area contributed by atoms with Crippen molar-refractivity contribution in [2.24, 2.45) is 0 Å². The monoisotopic (exact) mass is 275 g/mol. The van der Waals surface area contributed by atoms with Crippen molar-refractivity contribution in [1.82, 2.24) is 10.2 Å². The summed E-state index contributed by atoms with van der Waals surface area (Å²) >= 11 is 0. The number of rotatable bonds is 4. The third-order valence-corrected chi connectivity index (χ3v) is 3.40. The lowest BCUT2D eigenvalue weighted by molar-refractivity contribution is -0.117. The fourth-order valence-electron chi connectivity index (χ4n) is 2.45. The molecule has 1 saturated heterocycles. The van der Waals surface area contributed by atoms with Gasteiger partial charge < -0.3 is 10.6 Å². The first-order valence-corrected chi connectivity index (χ1v) is 6.92. The Morgan fingerprint density at radius 1 is 1.40 bits per heavy atom. The Labute approximate surface area is 119 Å². The summed E-state index contributed by atoms with van der Waals surface area (Å²) in [5.41, 5.74) is 1.14. The molecular weight excluding hydrogens is 254 g/mol. The molecule has 0 saturated carbocycles. The Kier molecular flexibility index (Phi) is 4.87. The van der Waals surface area contributed by atoms with Crippen LogP contribution in [0.2, 0.25) is 0 Å². The number of ketones is 1. The molecule has 0 unspecified atom stereocenters. The zero-order valence-electron chi connectivity index (χ0n) is 12.0. The minimum atomic E-state index is -0.0761. The van der Waals surface area contributed by atoms with Gasteiger partial charge in [-0.3, -0.25) is 14.5 Å². The van der Waals surface area contributed by atoms with Crippen LogP contribution in [0.25, 0.3) is 0 Å². The van der Waals surface area contributed by atoms with E-state index >= 15 is 0 Å². The van der Waals surface area contributed by atoms with E-state index in [0.29, 0.717) is 23.8 Å². The lowest BCUT2D eigenvalue weighted by atomic mass is 10.1. The van der Waals surface area contributed by atoms with E-state index in [4.69, 9.17) is 0 Å². The zero-order valence-corrected chi connectivity index (χ0v) is 12.0. The topological polar surface area (TPSA) is 61.4 Å². The molecule has 1 aliphatic heterocycles. The second-order valence-corrected chi connectivity index (χ2v) is 5.24. The number of benzene rings is 1. The van der Waals surface area contributed by atoms with E-state index in [1.54, 1.807) is 18.2 Å². The van der Waals surface area contributed by atoms with Gasteiger partial charge in [-0.05, 0) is 26.0 Å². The Bertz CT molecular complexity index is 502. The van der Waals surface area contributed by atoms with Crippen LogP contribution in [0.5, 0.6) is 0 Å². The Morgan fingerprint density at radius 2 is 2.15 bits per heavy atom. The van der Waals surface area contributed by atoms with Crippen molar-refractivity contribution in [3.05, 3.63) is 29.8 Å². The molecule has 1 aromatic carbocycles. The molecule has 20 heavy (non-hydrogen) atoms. The Hall–Kier alpha value is -1.72. The number of nitrogens with one attached hydrogen (secondary N) is 2. The van der Waals surface area contributed by atoms with Gasteiger partial charge in [0.05, 0.1) is 12.2 Å². The molecule has 0 radical (unpaired) electrons. The van der Waals surface area contributed by atoms with Crippen LogP contribution in [0.4, 0.5) is 5.69 Å². The van der Waals surface area contributed by atoms with Gasteiger partial charge in [0.2, 0.25) is 5.91 Å². The second kappa shape index (κ2) is 6.63. The number of carbonyl (C=O) groups is 2. The molecule has 5 nitrogen and oxygen atoms in total. The average Bonchev–Trinajstić information content (AvgIpc) is 2.38. The summed E-state index contributed by atoms with van der Waals surface area (Å²) in [5, 5.41) is 6.17. The van der Waals surface area contributed by atoms with Crippen molar-refractivity contribution in [1.29, 1.82) is 0 Å².